The van der Waals surface area contributed by atoms with E-state index in [0.29, 0.717) is 6.42 Å². The van der Waals surface area contributed by atoms with Gasteiger partial charge in [0.2, 0.25) is 0 Å². The number of aryl methyl sites for hydroxylation is 1. The molecule has 0 spiro atoms. The molecule has 0 aliphatic carbocycles. The minimum Gasteiger partial charge on any atom is -0.481 e. The molecule has 2 N–H and O–H groups in total. The second-order valence-corrected chi connectivity index (χ2v) is 3.85. The number of rotatable bonds is 6. The first-order valence-corrected chi connectivity index (χ1v) is 5.35. The summed E-state index contributed by atoms with van der Waals surface area (Å²) in [6.45, 7) is 4.35. The second-order valence-electron chi connectivity index (χ2n) is 3.85. The minimum absolute atomic E-state index is 0.283. The topological polar surface area (TPSA) is 75.1 Å². The van der Waals surface area contributed by atoms with E-state index in [2.05, 4.69) is 15.3 Å². The van der Waals surface area contributed by atoms with Gasteiger partial charge in [0.25, 0.3) is 0 Å². The van der Waals surface area contributed by atoms with Crippen LogP contribution in [0.2, 0.25) is 0 Å². The number of nitrogens with zero attached hydrogens (tertiary/aromatic N) is 2. The molecule has 0 radical (unpaired) electrons. The van der Waals surface area contributed by atoms with Crippen molar-refractivity contribution >= 4 is 11.8 Å². The van der Waals surface area contributed by atoms with E-state index in [1.807, 2.05) is 13.0 Å². The number of carboxylic acids is 1. The highest BCUT2D eigenvalue weighted by Crippen LogP contribution is 2.07. The summed E-state index contributed by atoms with van der Waals surface area (Å²) in [6, 6.07) is 1.86. The third-order valence-corrected chi connectivity index (χ3v) is 2.35. The molecule has 0 fully saturated rings. The molecule has 1 atom stereocenters. The standard InChI is InChI=1S/C11H17N3O2/c1-8(11(15)16)4-3-5-12-10-6-9(2)13-7-14-10/h6-8H,3-5H2,1-2H3,(H,15,16)(H,12,13,14). The molecule has 1 aromatic heterocycles. The monoisotopic (exact) mass is 223 g/mol. The van der Waals surface area contributed by atoms with Crippen LogP contribution in [-0.4, -0.2) is 27.6 Å². The Balaban J connectivity index is 2.23. The van der Waals surface area contributed by atoms with Gasteiger partial charge in [0.05, 0.1) is 5.92 Å². The number of aliphatic carboxylic acids is 1. The van der Waals surface area contributed by atoms with Gasteiger partial charge >= 0.3 is 5.97 Å². The van der Waals surface area contributed by atoms with Crippen molar-refractivity contribution in [2.45, 2.75) is 26.7 Å². The summed E-state index contributed by atoms with van der Waals surface area (Å²) in [5.74, 6) is -0.234. The summed E-state index contributed by atoms with van der Waals surface area (Å²) in [5, 5.41) is 11.8. The fraction of sp³-hybridized carbons (Fsp3) is 0.545. The van der Waals surface area contributed by atoms with E-state index in [4.69, 9.17) is 5.11 Å². The van der Waals surface area contributed by atoms with Crippen LogP contribution in [0.3, 0.4) is 0 Å². The Morgan fingerprint density at radius 2 is 2.31 bits per heavy atom. The molecule has 1 aromatic rings. The third-order valence-electron chi connectivity index (χ3n) is 2.35. The van der Waals surface area contributed by atoms with Crippen molar-refractivity contribution < 1.29 is 9.90 Å². The van der Waals surface area contributed by atoms with Crippen LogP contribution in [0, 0.1) is 12.8 Å². The molecule has 0 aliphatic rings. The van der Waals surface area contributed by atoms with E-state index in [-0.39, 0.29) is 5.92 Å². The van der Waals surface area contributed by atoms with Crippen molar-refractivity contribution in [3.63, 3.8) is 0 Å². The number of nitrogens with one attached hydrogen (secondary N) is 1. The molecule has 5 nitrogen and oxygen atoms in total. The van der Waals surface area contributed by atoms with Gasteiger partial charge in [-0.1, -0.05) is 6.92 Å². The van der Waals surface area contributed by atoms with Gasteiger partial charge in [-0.3, -0.25) is 4.79 Å². The van der Waals surface area contributed by atoms with Gasteiger partial charge < -0.3 is 10.4 Å². The van der Waals surface area contributed by atoms with E-state index >= 15 is 0 Å². The second kappa shape index (κ2) is 6.05. The van der Waals surface area contributed by atoms with Gasteiger partial charge in [-0.2, -0.15) is 0 Å². The van der Waals surface area contributed by atoms with Gasteiger partial charge in [-0.15, -0.1) is 0 Å². The van der Waals surface area contributed by atoms with Crippen LogP contribution in [0.15, 0.2) is 12.4 Å². The van der Waals surface area contributed by atoms with Crippen molar-refractivity contribution in [3.8, 4) is 0 Å². The first kappa shape index (κ1) is 12.4. The zero-order valence-corrected chi connectivity index (χ0v) is 9.60. The van der Waals surface area contributed by atoms with Gasteiger partial charge in [-0.05, 0) is 19.8 Å². The molecule has 1 rings (SSSR count). The lowest BCUT2D eigenvalue weighted by Crippen LogP contribution is -2.12. The first-order chi connectivity index (χ1) is 7.59. The molecule has 0 aromatic carbocycles. The molecule has 5 heteroatoms. The van der Waals surface area contributed by atoms with E-state index in [1.165, 1.54) is 6.33 Å². The van der Waals surface area contributed by atoms with Crippen molar-refractivity contribution in [3.05, 3.63) is 18.1 Å². The summed E-state index contributed by atoms with van der Waals surface area (Å²) in [4.78, 5) is 18.6. The van der Waals surface area contributed by atoms with Crippen molar-refractivity contribution in [1.29, 1.82) is 0 Å². The smallest absolute Gasteiger partial charge is 0.306 e. The Labute approximate surface area is 94.9 Å². The van der Waals surface area contributed by atoms with Crippen LogP contribution in [0.1, 0.15) is 25.5 Å². The Bertz CT molecular complexity index is 355. The Hall–Kier alpha value is -1.65. The highest BCUT2D eigenvalue weighted by atomic mass is 16.4. The minimum atomic E-state index is -0.738. The molecule has 0 amide bonds. The maximum atomic E-state index is 10.6. The Kier molecular flexibility index (Phi) is 4.69. The van der Waals surface area contributed by atoms with E-state index < -0.39 is 5.97 Å². The summed E-state index contributed by atoms with van der Waals surface area (Å²) in [6.07, 6.45) is 3.00. The summed E-state index contributed by atoms with van der Waals surface area (Å²) in [5.41, 5.74) is 0.913. The fourth-order valence-corrected chi connectivity index (χ4v) is 1.30. The van der Waals surface area contributed by atoms with Crippen LogP contribution < -0.4 is 5.32 Å². The van der Waals surface area contributed by atoms with Gasteiger partial charge in [0.15, 0.2) is 0 Å². The van der Waals surface area contributed by atoms with Crippen LogP contribution in [-0.2, 0) is 4.79 Å². The third kappa shape index (κ3) is 4.25. The molecular weight excluding hydrogens is 206 g/mol. The van der Waals surface area contributed by atoms with Crippen molar-refractivity contribution in [1.82, 2.24) is 9.97 Å². The maximum Gasteiger partial charge on any atom is 0.306 e. The number of hydrogen-bond donors (Lipinski definition) is 2. The summed E-state index contributed by atoms with van der Waals surface area (Å²) in [7, 11) is 0. The van der Waals surface area contributed by atoms with Crippen molar-refractivity contribution in [2.75, 3.05) is 11.9 Å². The van der Waals surface area contributed by atoms with Crippen LogP contribution in [0.5, 0.6) is 0 Å². The molecular formula is C11H17N3O2. The molecule has 0 saturated carbocycles. The van der Waals surface area contributed by atoms with Gasteiger partial charge in [-0.25, -0.2) is 9.97 Å². The normalized spacial score (nSPS) is 12.1. The molecule has 88 valence electrons. The highest BCUT2D eigenvalue weighted by molar-refractivity contribution is 5.69. The average molecular weight is 223 g/mol. The number of hydrogen-bond acceptors (Lipinski definition) is 4. The quantitative estimate of drug-likeness (QED) is 0.718. The van der Waals surface area contributed by atoms with Crippen LogP contribution in [0.4, 0.5) is 5.82 Å². The SMILES string of the molecule is Cc1cc(NCCCC(C)C(=O)O)ncn1. The van der Waals surface area contributed by atoms with E-state index in [1.54, 1.807) is 6.92 Å². The number of carbonyl (C=O) groups is 1. The number of aromatic nitrogens is 2. The molecule has 0 aliphatic heterocycles. The molecule has 0 saturated heterocycles. The average Bonchev–Trinajstić information content (AvgIpc) is 2.24. The molecule has 0 bridgehead atoms. The number of anilines is 1. The molecule has 1 unspecified atom stereocenters. The summed E-state index contributed by atoms with van der Waals surface area (Å²) < 4.78 is 0. The molecule has 1 heterocycles. The van der Waals surface area contributed by atoms with Gasteiger partial charge in [0.1, 0.15) is 12.1 Å². The first-order valence-electron chi connectivity index (χ1n) is 5.35. The maximum absolute atomic E-state index is 10.6. The lowest BCUT2D eigenvalue weighted by atomic mass is 10.1. The van der Waals surface area contributed by atoms with Gasteiger partial charge in [0, 0.05) is 18.3 Å². The van der Waals surface area contributed by atoms with Crippen LogP contribution >= 0.6 is 0 Å². The zero-order valence-electron chi connectivity index (χ0n) is 9.60. The lowest BCUT2D eigenvalue weighted by Gasteiger charge is -2.07. The van der Waals surface area contributed by atoms with E-state index in [9.17, 15) is 4.79 Å². The predicted octanol–water partition coefficient (Wildman–Crippen LogP) is 1.70. The zero-order chi connectivity index (χ0) is 12.0. The lowest BCUT2D eigenvalue weighted by molar-refractivity contribution is -0.141. The molecule has 16 heavy (non-hydrogen) atoms. The Morgan fingerprint density at radius 3 is 2.94 bits per heavy atom. The predicted molar refractivity (Wildman–Crippen MR) is 61.3 cm³/mol. The van der Waals surface area contributed by atoms with E-state index in [0.717, 1.165) is 24.5 Å². The number of carboxylic acid groups (broad SMARTS) is 1. The highest BCUT2D eigenvalue weighted by Gasteiger charge is 2.09. The largest absolute Gasteiger partial charge is 0.481 e. The summed E-state index contributed by atoms with van der Waals surface area (Å²) >= 11 is 0. The Morgan fingerprint density at radius 1 is 1.56 bits per heavy atom. The van der Waals surface area contributed by atoms with Crippen LogP contribution in [0.25, 0.3) is 0 Å². The van der Waals surface area contributed by atoms with Crippen molar-refractivity contribution in [2.24, 2.45) is 5.92 Å². The fourth-order valence-electron chi connectivity index (χ4n) is 1.30.